The van der Waals surface area contributed by atoms with Crippen LogP contribution in [0.1, 0.15) is 284 Å². The molecule has 0 amide bonds. The van der Waals surface area contributed by atoms with Gasteiger partial charge in [0.05, 0.1) is 27.7 Å². The normalized spacial score (nSPS) is 14.1. The highest BCUT2D eigenvalue weighted by Gasteiger charge is 2.27. The number of phosphoric ester groups is 1. The molecule has 532 valence electrons. The Kier molecular flexibility index (Phi) is 68.6. The van der Waals surface area contributed by atoms with Crippen molar-refractivity contribution in [1.82, 2.24) is 0 Å². The molecule has 0 aromatic carbocycles. The van der Waals surface area contributed by atoms with Crippen molar-refractivity contribution in [3.05, 3.63) is 182 Å². The van der Waals surface area contributed by atoms with Crippen molar-refractivity contribution in [2.24, 2.45) is 0 Å². The topological polar surface area (TPSA) is 108 Å². The zero-order valence-corrected chi connectivity index (χ0v) is 61.5. The highest BCUT2D eigenvalue weighted by atomic mass is 31.2. The number of allylic oxidation sites excluding steroid dienone is 30. The molecule has 0 heterocycles. The zero-order chi connectivity index (χ0) is 68.3. The second kappa shape index (κ2) is 72.4. The quantitative estimate of drug-likeness (QED) is 0.0211. The molecule has 2 atom stereocenters. The molecule has 1 N–H and O–H groups in total. The van der Waals surface area contributed by atoms with Crippen LogP contribution in [0.15, 0.2) is 182 Å². The first-order valence-electron chi connectivity index (χ1n) is 37.5. The summed E-state index contributed by atoms with van der Waals surface area (Å²) in [7, 11) is 1.45. The van der Waals surface area contributed by atoms with Crippen LogP contribution < -0.4 is 0 Å². The Bertz CT molecular complexity index is 2240. The van der Waals surface area contributed by atoms with E-state index < -0.39 is 26.5 Å². The summed E-state index contributed by atoms with van der Waals surface area (Å²) >= 11 is 0. The van der Waals surface area contributed by atoms with E-state index in [4.69, 9.17) is 18.5 Å². The van der Waals surface area contributed by atoms with E-state index in [-0.39, 0.29) is 32.0 Å². The van der Waals surface area contributed by atoms with Crippen LogP contribution in [-0.2, 0) is 32.7 Å². The van der Waals surface area contributed by atoms with Gasteiger partial charge in [-0.3, -0.25) is 18.6 Å². The number of hydrogen-bond acceptors (Lipinski definition) is 7. The molecule has 9 nitrogen and oxygen atoms in total. The number of quaternary nitrogens is 1. The van der Waals surface area contributed by atoms with Crippen LogP contribution in [0.5, 0.6) is 0 Å². The minimum Gasteiger partial charge on any atom is -0.462 e. The van der Waals surface area contributed by atoms with Gasteiger partial charge in [-0.15, -0.1) is 0 Å². The first kappa shape index (κ1) is 89.1. The van der Waals surface area contributed by atoms with Crippen LogP contribution in [0.2, 0.25) is 0 Å². The molecule has 0 saturated heterocycles. The van der Waals surface area contributed by atoms with E-state index in [1.807, 2.05) is 21.1 Å². The molecule has 94 heavy (non-hydrogen) atoms. The molecular weight excluding hydrogens is 1180 g/mol. The molecule has 0 spiro atoms. The molecule has 10 heteroatoms. The number of rotatable bonds is 67. The van der Waals surface area contributed by atoms with E-state index >= 15 is 0 Å². The molecule has 0 aliphatic heterocycles. The summed E-state index contributed by atoms with van der Waals surface area (Å²) in [6, 6.07) is 0. The number of carbonyl (C=O) groups excluding carboxylic acids is 2. The third kappa shape index (κ3) is 76.1. The molecule has 0 radical (unpaired) electrons. The molecule has 2 unspecified atom stereocenters. The molecule has 0 aliphatic rings. The number of nitrogens with zero attached hydrogens (tertiary/aromatic N) is 1. The first-order valence-corrected chi connectivity index (χ1v) is 39.0. The van der Waals surface area contributed by atoms with Gasteiger partial charge < -0.3 is 18.9 Å². The monoisotopic (exact) mass is 1320 g/mol. The SMILES string of the molecule is CC/C=C\C/C=C\C/C=C\C/C=C\C/C=C\C/C=C\C/C=C\C/C=C\CCCCCCCCCCCCCCCCCCC(=O)OC(COC(=O)CCCCCCCCC/C=C\C/C=C\C/C=C\C/C=C\C/C=C\C/C=C\C/C=C\CC)COP(=O)(O)OCC[N+](C)(C)C. The van der Waals surface area contributed by atoms with Gasteiger partial charge in [-0.25, -0.2) is 4.57 Å². The van der Waals surface area contributed by atoms with E-state index in [0.29, 0.717) is 17.4 Å². The van der Waals surface area contributed by atoms with E-state index in [1.54, 1.807) is 0 Å². The molecule has 0 aliphatic carbocycles. The maximum Gasteiger partial charge on any atom is 0.472 e. The molecule has 0 aromatic rings. The van der Waals surface area contributed by atoms with Crippen LogP contribution in [0.25, 0.3) is 0 Å². The van der Waals surface area contributed by atoms with Gasteiger partial charge in [0.15, 0.2) is 6.10 Å². The van der Waals surface area contributed by atoms with Crippen LogP contribution >= 0.6 is 7.82 Å². The number of likely N-dealkylation sites (N-methyl/N-ethyl adjacent to an activating group) is 1. The highest BCUT2D eigenvalue weighted by Crippen LogP contribution is 2.43. The molecule has 0 saturated carbocycles. The second-order valence-electron chi connectivity index (χ2n) is 25.6. The fraction of sp³-hybridized carbons (Fsp3) is 0.619. The zero-order valence-electron chi connectivity index (χ0n) is 60.6. The fourth-order valence-electron chi connectivity index (χ4n) is 9.78. The van der Waals surface area contributed by atoms with E-state index in [2.05, 4.69) is 196 Å². The Hall–Kier alpha value is -4.89. The van der Waals surface area contributed by atoms with Crippen molar-refractivity contribution < 1.29 is 42.1 Å². The van der Waals surface area contributed by atoms with E-state index in [9.17, 15) is 19.0 Å². The number of hydrogen-bond donors (Lipinski definition) is 1. The third-order valence-corrected chi connectivity index (χ3v) is 16.4. The van der Waals surface area contributed by atoms with Gasteiger partial charge in [0, 0.05) is 12.8 Å². The molecule has 0 fully saturated rings. The van der Waals surface area contributed by atoms with E-state index in [0.717, 1.165) is 148 Å². The molecule has 0 rings (SSSR count). The van der Waals surface area contributed by atoms with Crippen molar-refractivity contribution in [3.63, 3.8) is 0 Å². The van der Waals surface area contributed by atoms with E-state index in [1.165, 1.54) is 103 Å². The van der Waals surface area contributed by atoms with Crippen LogP contribution in [0.4, 0.5) is 0 Å². The Labute approximate surface area is 578 Å². The number of ether oxygens (including phenoxy) is 2. The van der Waals surface area contributed by atoms with Gasteiger partial charge in [-0.2, -0.15) is 0 Å². The fourth-order valence-corrected chi connectivity index (χ4v) is 10.5. The van der Waals surface area contributed by atoms with Crippen LogP contribution in [-0.4, -0.2) is 74.9 Å². The minimum atomic E-state index is -4.41. The van der Waals surface area contributed by atoms with Crippen molar-refractivity contribution in [2.45, 2.75) is 290 Å². The lowest BCUT2D eigenvalue weighted by atomic mass is 10.0. The first-order chi connectivity index (χ1) is 46.0. The lowest BCUT2D eigenvalue weighted by Crippen LogP contribution is -2.37. The largest absolute Gasteiger partial charge is 0.472 e. The Balaban J connectivity index is 4.07. The molecular formula is C84H139NO8P+. The standard InChI is InChI=1S/C84H138NO8P/c1-6-8-10-12-14-16-18-20-22-24-26-28-30-32-34-36-37-38-39-40-41-42-43-44-45-46-47-49-51-53-55-57-59-61-63-65-67-69-71-73-75-77-84(87)93-82(81-92-94(88,89)91-79-78-85(3,4)5)80-90-83(86)76-74-72-70-68-66-64-62-60-58-56-54-52-50-48-35-33-31-29-27-25-23-21-19-17-15-13-11-9-7-2/h8-11,14-17,20-23,26-29,32-35,37-38,40-41,43-44,50,52,56,58,82H,6-7,12-13,18-19,24-25,30-31,36,39,42,45-49,51,53-55,57,59-81H2,1-5H3/p+1/b10-8-,11-9-,16-14-,17-15-,22-20-,23-21-,28-26-,29-27-,34-32-,35-33-,38-37-,41-40-,44-43-,52-50-,58-56-. The Morgan fingerprint density at radius 1 is 0.330 bits per heavy atom. The lowest BCUT2D eigenvalue weighted by molar-refractivity contribution is -0.870. The predicted molar refractivity (Wildman–Crippen MR) is 408 cm³/mol. The number of unbranched alkanes of at least 4 members (excludes halogenated alkanes) is 23. The maximum absolute atomic E-state index is 12.9. The summed E-state index contributed by atoms with van der Waals surface area (Å²) in [4.78, 5) is 35.9. The van der Waals surface area contributed by atoms with Crippen molar-refractivity contribution in [2.75, 3.05) is 47.5 Å². The molecule has 0 bridgehead atoms. The van der Waals surface area contributed by atoms with Gasteiger partial charge in [0.2, 0.25) is 0 Å². The van der Waals surface area contributed by atoms with Gasteiger partial charge >= 0.3 is 19.8 Å². The summed E-state index contributed by atoms with van der Waals surface area (Å²) in [6.45, 7) is 4.19. The van der Waals surface area contributed by atoms with Gasteiger partial charge in [0.1, 0.15) is 19.8 Å². The number of carbonyl (C=O) groups is 2. The van der Waals surface area contributed by atoms with Crippen molar-refractivity contribution in [3.8, 4) is 0 Å². The minimum absolute atomic E-state index is 0.0218. The highest BCUT2D eigenvalue weighted by molar-refractivity contribution is 7.47. The predicted octanol–water partition coefficient (Wildman–Crippen LogP) is 25.0. The van der Waals surface area contributed by atoms with Gasteiger partial charge in [0.25, 0.3) is 0 Å². The summed E-state index contributed by atoms with van der Waals surface area (Å²) < 4.78 is 34.8. The summed E-state index contributed by atoms with van der Waals surface area (Å²) in [5, 5.41) is 0. The van der Waals surface area contributed by atoms with Gasteiger partial charge in [-0.1, -0.05) is 318 Å². The number of esters is 2. The lowest BCUT2D eigenvalue weighted by Gasteiger charge is -2.24. The average molecular weight is 1320 g/mol. The van der Waals surface area contributed by atoms with Crippen molar-refractivity contribution in [1.29, 1.82) is 0 Å². The maximum atomic E-state index is 12.9. The third-order valence-electron chi connectivity index (χ3n) is 15.4. The van der Waals surface area contributed by atoms with Crippen LogP contribution in [0.3, 0.4) is 0 Å². The van der Waals surface area contributed by atoms with Crippen molar-refractivity contribution >= 4 is 19.8 Å². The van der Waals surface area contributed by atoms with Gasteiger partial charge in [-0.05, 0) is 135 Å². The average Bonchev–Trinajstić information content (AvgIpc) is 1.57. The summed E-state index contributed by atoms with van der Waals surface area (Å²) in [6.07, 6.45) is 111. The summed E-state index contributed by atoms with van der Waals surface area (Å²) in [5.41, 5.74) is 0. The second-order valence-corrected chi connectivity index (χ2v) is 27.0. The smallest absolute Gasteiger partial charge is 0.462 e. The summed E-state index contributed by atoms with van der Waals surface area (Å²) in [5.74, 6) is -0.815. The Morgan fingerprint density at radius 2 is 0.574 bits per heavy atom. The Morgan fingerprint density at radius 3 is 0.851 bits per heavy atom. The molecule has 0 aromatic heterocycles. The van der Waals surface area contributed by atoms with Crippen LogP contribution in [0, 0.1) is 0 Å². The number of phosphoric acid groups is 1.